The summed E-state index contributed by atoms with van der Waals surface area (Å²) in [7, 11) is 0. The van der Waals surface area contributed by atoms with Gasteiger partial charge in [0.05, 0.1) is 11.3 Å². The second-order valence-electron chi connectivity index (χ2n) is 4.73. The van der Waals surface area contributed by atoms with Gasteiger partial charge in [0.2, 0.25) is 5.91 Å². The number of carbonyl (C=O) groups is 2. The Hall–Kier alpha value is -2.67. The highest BCUT2D eigenvalue weighted by atomic mass is 35.5. The summed E-state index contributed by atoms with van der Waals surface area (Å²) in [5.74, 6) is 0.634. The lowest BCUT2D eigenvalue weighted by molar-refractivity contribution is -0.120. The Labute approximate surface area is 137 Å². The normalized spacial score (nSPS) is 11.6. The minimum Gasteiger partial charge on any atom is -0.484 e. The van der Waals surface area contributed by atoms with Gasteiger partial charge in [-0.1, -0.05) is 11.6 Å². The van der Waals surface area contributed by atoms with E-state index in [0.29, 0.717) is 22.2 Å². The number of hydrogen-bond acceptors (Lipinski definition) is 5. The fourth-order valence-corrected chi connectivity index (χ4v) is 2.03. The Bertz CT molecular complexity index is 688. The summed E-state index contributed by atoms with van der Waals surface area (Å²) in [4.78, 5) is 22.3. The molecule has 122 valence electrons. The van der Waals surface area contributed by atoms with Gasteiger partial charge in [-0.3, -0.25) is 10.1 Å². The zero-order valence-electron chi connectivity index (χ0n) is 12.3. The fraction of sp³-hybridized carbons (Fsp3) is 0.200. The van der Waals surface area contributed by atoms with Crippen LogP contribution in [0.4, 0.5) is 10.5 Å². The van der Waals surface area contributed by atoms with Crippen molar-refractivity contribution in [2.24, 2.45) is 5.73 Å². The highest BCUT2D eigenvalue weighted by molar-refractivity contribution is 6.32. The second kappa shape index (κ2) is 7.55. The van der Waals surface area contributed by atoms with Crippen molar-refractivity contribution in [3.05, 3.63) is 47.4 Å². The number of hydrogen-bond donors (Lipinski definition) is 3. The summed E-state index contributed by atoms with van der Waals surface area (Å²) in [6, 6.07) is 7.00. The van der Waals surface area contributed by atoms with Crippen LogP contribution in [-0.4, -0.2) is 18.0 Å². The SMILES string of the molecule is C[C@@H](Nc1ccc(OCc2ccco2)c(Cl)c1)C(=O)NC(N)=O. The molecular weight excluding hydrogens is 322 g/mol. The molecule has 0 unspecified atom stereocenters. The van der Waals surface area contributed by atoms with Crippen molar-refractivity contribution in [2.45, 2.75) is 19.6 Å². The fourth-order valence-electron chi connectivity index (χ4n) is 1.80. The third-order valence-corrected chi connectivity index (χ3v) is 3.20. The highest BCUT2D eigenvalue weighted by Crippen LogP contribution is 2.28. The summed E-state index contributed by atoms with van der Waals surface area (Å²) >= 11 is 6.15. The van der Waals surface area contributed by atoms with E-state index in [1.165, 1.54) is 0 Å². The largest absolute Gasteiger partial charge is 0.484 e. The Kier molecular flexibility index (Phi) is 5.48. The first-order chi connectivity index (χ1) is 11.0. The van der Waals surface area contributed by atoms with Crippen LogP contribution in [0.2, 0.25) is 5.02 Å². The van der Waals surface area contributed by atoms with Crippen molar-refractivity contribution in [1.82, 2.24) is 5.32 Å². The molecule has 0 radical (unpaired) electrons. The molecule has 0 aliphatic heterocycles. The molecule has 2 rings (SSSR count). The van der Waals surface area contributed by atoms with Crippen LogP contribution in [0.25, 0.3) is 0 Å². The molecule has 0 spiro atoms. The minimum atomic E-state index is -0.900. The Morgan fingerprint density at radius 1 is 1.39 bits per heavy atom. The maximum Gasteiger partial charge on any atom is 0.318 e. The molecule has 1 aromatic carbocycles. The van der Waals surface area contributed by atoms with Crippen molar-refractivity contribution in [2.75, 3.05) is 5.32 Å². The number of nitrogens with two attached hydrogens (primary N) is 1. The number of imide groups is 1. The van der Waals surface area contributed by atoms with Crippen LogP contribution in [-0.2, 0) is 11.4 Å². The molecule has 0 aliphatic carbocycles. The number of nitrogens with one attached hydrogen (secondary N) is 2. The van der Waals surface area contributed by atoms with Gasteiger partial charge in [0.1, 0.15) is 24.2 Å². The molecule has 1 heterocycles. The van der Waals surface area contributed by atoms with Gasteiger partial charge >= 0.3 is 6.03 Å². The number of carbonyl (C=O) groups excluding carboxylic acids is 2. The van der Waals surface area contributed by atoms with E-state index < -0.39 is 18.0 Å². The molecule has 0 saturated heterocycles. The van der Waals surface area contributed by atoms with Crippen molar-refractivity contribution >= 4 is 29.2 Å². The first-order valence-corrected chi connectivity index (χ1v) is 7.15. The van der Waals surface area contributed by atoms with Gasteiger partial charge in [0.25, 0.3) is 0 Å². The average molecular weight is 338 g/mol. The molecule has 4 N–H and O–H groups in total. The van der Waals surface area contributed by atoms with Crippen LogP contribution in [0.1, 0.15) is 12.7 Å². The standard InChI is InChI=1S/C15H16ClN3O4/c1-9(14(20)19-15(17)21)18-10-4-5-13(12(16)7-10)23-8-11-3-2-6-22-11/h2-7,9,18H,8H2,1H3,(H3,17,19,20,21)/t9-/m1/s1. The Morgan fingerprint density at radius 3 is 2.78 bits per heavy atom. The van der Waals surface area contributed by atoms with Crippen LogP contribution in [0.5, 0.6) is 5.75 Å². The number of rotatable bonds is 6. The van der Waals surface area contributed by atoms with Crippen LogP contribution in [0.3, 0.4) is 0 Å². The number of anilines is 1. The molecule has 2 aromatic rings. The van der Waals surface area contributed by atoms with E-state index in [0.717, 1.165) is 0 Å². The zero-order valence-corrected chi connectivity index (χ0v) is 13.1. The van der Waals surface area contributed by atoms with Crippen molar-refractivity contribution in [3.63, 3.8) is 0 Å². The maximum absolute atomic E-state index is 11.6. The van der Waals surface area contributed by atoms with E-state index in [1.807, 2.05) is 5.32 Å². The quantitative estimate of drug-likeness (QED) is 0.750. The topological polar surface area (TPSA) is 107 Å². The number of ether oxygens (including phenoxy) is 1. The Morgan fingerprint density at radius 2 is 2.17 bits per heavy atom. The number of benzene rings is 1. The molecule has 23 heavy (non-hydrogen) atoms. The van der Waals surface area contributed by atoms with Crippen LogP contribution < -0.4 is 21.1 Å². The molecule has 1 aromatic heterocycles. The van der Waals surface area contributed by atoms with Crippen LogP contribution >= 0.6 is 11.6 Å². The first kappa shape index (κ1) is 16.7. The third kappa shape index (κ3) is 4.93. The Balaban J connectivity index is 1.95. The van der Waals surface area contributed by atoms with Gasteiger partial charge in [-0.25, -0.2) is 4.79 Å². The van der Waals surface area contributed by atoms with Crippen LogP contribution in [0.15, 0.2) is 41.0 Å². The van der Waals surface area contributed by atoms with E-state index in [2.05, 4.69) is 5.32 Å². The smallest absolute Gasteiger partial charge is 0.318 e. The van der Waals surface area contributed by atoms with Gasteiger partial charge in [-0.05, 0) is 37.3 Å². The predicted molar refractivity (Wildman–Crippen MR) is 85.3 cm³/mol. The molecule has 7 nitrogen and oxygen atoms in total. The molecule has 3 amide bonds. The van der Waals surface area contributed by atoms with E-state index in [4.69, 9.17) is 26.5 Å². The van der Waals surface area contributed by atoms with Gasteiger partial charge in [0, 0.05) is 5.69 Å². The maximum atomic E-state index is 11.6. The predicted octanol–water partition coefficient (Wildman–Crippen LogP) is 2.51. The number of halogens is 1. The lowest BCUT2D eigenvalue weighted by Crippen LogP contribution is -2.43. The lowest BCUT2D eigenvalue weighted by atomic mass is 10.2. The van der Waals surface area contributed by atoms with Crippen molar-refractivity contribution in [3.8, 4) is 5.75 Å². The zero-order chi connectivity index (χ0) is 16.8. The van der Waals surface area contributed by atoms with Gasteiger partial charge in [-0.2, -0.15) is 0 Å². The number of urea groups is 1. The molecule has 1 atom stereocenters. The molecule has 0 fully saturated rings. The molecule has 0 saturated carbocycles. The van der Waals surface area contributed by atoms with Crippen molar-refractivity contribution < 1.29 is 18.7 Å². The first-order valence-electron chi connectivity index (χ1n) is 6.77. The summed E-state index contributed by atoms with van der Waals surface area (Å²) in [6.45, 7) is 1.85. The third-order valence-electron chi connectivity index (χ3n) is 2.90. The molecule has 0 aliphatic rings. The molecule has 8 heteroatoms. The van der Waals surface area contributed by atoms with E-state index in [-0.39, 0.29) is 6.61 Å². The van der Waals surface area contributed by atoms with Crippen LogP contribution in [0, 0.1) is 0 Å². The second-order valence-corrected chi connectivity index (χ2v) is 5.14. The van der Waals surface area contributed by atoms with Crippen molar-refractivity contribution in [1.29, 1.82) is 0 Å². The summed E-state index contributed by atoms with van der Waals surface area (Å²) in [6.07, 6.45) is 1.56. The number of furan rings is 1. The van der Waals surface area contributed by atoms with Gasteiger partial charge in [0.15, 0.2) is 0 Å². The molecular formula is C15H16ClN3O4. The van der Waals surface area contributed by atoms with E-state index >= 15 is 0 Å². The van der Waals surface area contributed by atoms with E-state index in [1.54, 1.807) is 43.5 Å². The minimum absolute atomic E-state index is 0.261. The summed E-state index contributed by atoms with van der Waals surface area (Å²) in [5, 5.41) is 5.28. The van der Waals surface area contributed by atoms with Gasteiger partial charge in [-0.15, -0.1) is 0 Å². The van der Waals surface area contributed by atoms with E-state index in [9.17, 15) is 9.59 Å². The summed E-state index contributed by atoms with van der Waals surface area (Å²) in [5.41, 5.74) is 5.50. The number of primary amides is 1. The van der Waals surface area contributed by atoms with Gasteiger partial charge < -0.3 is 20.2 Å². The summed E-state index contributed by atoms with van der Waals surface area (Å²) < 4.78 is 10.7. The number of amides is 3. The lowest BCUT2D eigenvalue weighted by Gasteiger charge is -2.15. The molecule has 0 bridgehead atoms. The monoisotopic (exact) mass is 337 g/mol. The average Bonchev–Trinajstić information content (AvgIpc) is 2.99. The highest BCUT2D eigenvalue weighted by Gasteiger charge is 2.14.